The summed E-state index contributed by atoms with van der Waals surface area (Å²) in [5.41, 5.74) is 8.79. The highest BCUT2D eigenvalue weighted by Crippen LogP contribution is 2.29. The third-order valence-electron chi connectivity index (χ3n) is 2.14. The molecule has 0 unspecified atom stereocenters. The van der Waals surface area contributed by atoms with Crippen molar-refractivity contribution in [2.75, 3.05) is 0 Å². The Morgan fingerprint density at radius 3 is 2.71 bits per heavy atom. The molecule has 2 N–H and O–H groups in total. The maximum absolute atomic E-state index is 6.05. The number of nitrogens with two attached hydrogens (primary N) is 1. The molecule has 0 fully saturated rings. The van der Waals surface area contributed by atoms with Crippen molar-refractivity contribution in [1.82, 2.24) is 9.97 Å². The van der Waals surface area contributed by atoms with Crippen LogP contribution in [0.2, 0.25) is 0 Å². The van der Waals surface area contributed by atoms with Gasteiger partial charge in [-0.15, -0.1) is 11.3 Å². The Kier molecular flexibility index (Phi) is 2.05. The molecule has 0 aliphatic heterocycles. The van der Waals surface area contributed by atoms with Crippen LogP contribution in [0.15, 0.2) is 11.7 Å². The van der Waals surface area contributed by atoms with E-state index in [2.05, 4.69) is 22.3 Å². The van der Waals surface area contributed by atoms with Crippen molar-refractivity contribution in [2.45, 2.75) is 26.3 Å². The smallest absolute Gasteiger partial charge is 0.116 e. The molecule has 74 valence electrons. The van der Waals surface area contributed by atoms with Crippen molar-refractivity contribution in [2.24, 2.45) is 5.73 Å². The lowest BCUT2D eigenvalue weighted by atomic mass is 10.0. The Hall–Kier alpha value is -1.00. The van der Waals surface area contributed by atoms with Gasteiger partial charge in [-0.1, -0.05) is 0 Å². The fraction of sp³-hybridized carbons (Fsp3) is 0.400. The molecule has 0 aromatic carbocycles. The van der Waals surface area contributed by atoms with Crippen molar-refractivity contribution < 1.29 is 0 Å². The van der Waals surface area contributed by atoms with Gasteiger partial charge in [0.05, 0.1) is 21.4 Å². The molecule has 0 amide bonds. The predicted octanol–water partition coefficient (Wildman–Crippen LogP) is 2.19. The SMILES string of the molecule is Cc1csc2c(C(C)(C)N)ncnc12. The minimum Gasteiger partial charge on any atom is -0.321 e. The number of hydrogen-bond donors (Lipinski definition) is 1. The van der Waals surface area contributed by atoms with Crippen molar-refractivity contribution in [3.05, 3.63) is 23.0 Å². The number of aromatic nitrogens is 2. The zero-order chi connectivity index (χ0) is 10.3. The molecule has 0 aliphatic rings. The second-order valence-corrected chi connectivity index (χ2v) is 4.92. The molecule has 0 aliphatic carbocycles. The summed E-state index contributed by atoms with van der Waals surface area (Å²) in [6, 6.07) is 0. The summed E-state index contributed by atoms with van der Waals surface area (Å²) in [7, 11) is 0. The second-order valence-electron chi connectivity index (χ2n) is 4.04. The molecule has 2 rings (SSSR count). The van der Waals surface area contributed by atoms with E-state index < -0.39 is 5.54 Å². The van der Waals surface area contributed by atoms with Gasteiger partial charge in [-0.25, -0.2) is 9.97 Å². The van der Waals surface area contributed by atoms with E-state index in [0.717, 1.165) is 15.9 Å². The Morgan fingerprint density at radius 1 is 1.36 bits per heavy atom. The third kappa shape index (κ3) is 1.40. The first-order valence-corrected chi connectivity index (χ1v) is 5.36. The Bertz CT molecular complexity index is 468. The van der Waals surface area contributed by atoms with Gasteiger partial charge in [-0.05, 0) is 31.7 Å². The number of rotatable bonds is 1. The van der Waals surface area contributed by atoms with E-state index in [0.29, 0.717) is 0 Å². The van der Waals surface area contributed by atoms with Gasteiger partial charge in [0, 0.05) is 0 Å². The van der Waals surface area contributed by atoms with Crippen LogP contribution < -0.4 is 5.73 Å². The Labute approximate surface area is 87.0 Å². The topological polar surface area (TPSA) is 51.8 Å². The van der Waals surface area contributed by atoms with Gasteiger partial charge in [0.1, 0.15) is 6.33 Å². The largest absolute Gasteiger partial charge is 0.321 e. The van der Waals surface area contributed by atoms with Crippen molar-refractivity contribution in [3.8, 4) is 0 Å². The monoisotopic (exact) mass is 207 g/mol. The van der Waals surface area contributed by atoms with Crippen LogP contribution in [0, 0.1) is 6.92 Å². The molecule has 2 aromatic rings. The molecular formula is C10H13N3S. The lowest BCUT2D eigenvalue weighted by Gasteiger charge is -2.17. The van der Waals surface area contributed by atoms with E-state index in [9.17, 15) is 0 Å². The maximum Gasteiger partial charge on any atom is 0.116 e. The van der Waals surface area contributed by atoms with Crippen molar-refractivity contribution in [3.63, 3.8) is 0 Å². The van der Waals surface area contributed by atoms with Crippen LogP contribution in [0.1, 0.15) is 25.1 Å². The van der Waals surface area contributed by atoms with Crippen molar-refractivity contribution in [1.29, 1.82) is 0 Å². The van der Waals surface area contributed by atoms with Crippen LogP contribution in [-0.2, 0) is 5.54 Å². The first kappa shape index (κ1) is 9.55. The lowest BCUT2D eigenvalue weighted by Crippen LogP contribution is -2.30. The number of thiophene rings is 1. The van der Waals surface area contributed by atoms with Gasteiger partial charge in [-0.3, -0.25) is 0 Å². The fourth-order valence-electron chi connectivity index (χ4n) is 1.43. The molecule has 0 saturated heterocycles. The third-order valence-corrected chi connectivity index (χ3v) is 3.24. The molecule has 0 spiro atoms. The number of fused-ring (bicyclic) bond motifs is 1. The summed E-state index contributed by atoms with van der Waals surface area (Å²) in [6.07, 6.45) is 1.59. The molecule has 2 heterocycles. The van der Waals surface area contributed by atoms with Gasteiger partial charge in [-0.2, -0.15) is 0 Å². The predicted molar refractivity (Wildman–Crippen MR) is 59.4 cm³/mol. The van der Waals surface area contributed by atoms with Gasteiger partial charge in [0.2, 0.25) is 0 Å². The standard InChI is InChI=1S/C10H13N3S/c1-6-4-14-8-7(6)12-5-13-9(8)10(2,3)11/h4-5H,11H2,1-3H3. The van der Waals surface area contributed by atoms with E-state index in [4.69, 9.17) is 5.73 Å². The summed E-state index contributed by atoms with van der Waals surface area (Å²) < 4.78 is 1.11. The van der Waals surface area contributed by atoms with Crippen LogP contribution in [0.25, 0.3) is 10.2 Å². The highest BCUT2D eigenvalue weighted by atomic mass is 32.1. The Morgan fingerprint density at radius 2 is 2.07 bits per heavy atom. The molecule has 0 radical (unpaired) electrons. The maximum atomic E-state index is 6.05. The summed E-state index contributed by atoms with van der Waals surface area (Å²) in [5.74, 6) is 0. The zero-order valence-corrected chi connectivity index (χ0v) is 9.35. The average molecular weight is 207 g/mol. The van der Waals surface area contributed by atoms with E-state index in [1.54, 1.807) is 17.7 Å². The van der Waals surface area contributed by atoms with Crippen LogP contribution >= 0.6 is 11.3 Å². The van der Waals surface area contributed by atoms with E-state index in [1.807, 2.05) is 13.8 Å². The molecular weight excluding hydrogens is 194 g/mol. The summed E-state index contributed by atoms with van der Waals surface area (Å²) in [5, 5.41) is 2.09. The first-order valence-electron chi connectivity index (χ1n) is 4.48. The zero-order valence-electron chi connectivity index (χ0n) is 8.53. The molecule has 2 aromatic heterocycles. The molecule has 0 atom stereocenters. The van der Waals surface area contributed by atoms with Gasteiger partial charge < -0.3 is 5.73 Å². The molecule has 3 nitrogen and oxygen atoms in total. The van der Waals surface area contributed by atoms with E-state index in [1.165, 1.54) is 5.56 Å². The highest BCUT2D eigenvalue weighted by Gasteiger charge is 2.20. The minimum absolute atomic E-state index is 0.404. The average Bonchev–Trinajstić information content (AvgIpc) is 2.46. The van der Waals surface area contributed by atoms with Crippen LogP contribution in [0.5, 0.6) is 0 Å². The number of nitrogens with zero attached hydrogens (tertiary/aromatic N) is 2. The van der Waals surface area contributed by atoms with E-state index in [-0.39, 0.29) is 0 Å². The number of hydrogen-bond acceptors (Lipinski definition) is 4. The summed E-state index contributed by atoms with van der Waals surface area (Å²) >= 11 is 1.66. The molecule has 4 heteroatoms. The van der Waals surface area contributed by atoms with Gasteiger partial charge >= 0.3 is 0 Å². The van der Waals surface area contributed by atoms with Crippen LogP contribution in [0.3, 0.4) is 0 Å². The summed E-state index contributed by atoms with van der Waals surface area (Å²) in [6.45, 7) is 5.98. The van der Waals surface area contributed by atoms with Crippen LogP contribution in [-0.4, -0.2) is 9.97 Å². The normalized spacial score (nSPS) is 12.3. The Balaban J connectivity index is 2.79. The summed E-state index contributed by atoms with van der Waals surface area (Å²) in [4.78, 5) is 8.52. The van der Waals surface area contributed by atoms with Gasteiger partial charge in [0.15, 0.2) is 0 Å². The molecule has 0 saturated carbocycles. The molecule has 14 heavy (non-hydrogen) atoms. The lowest BCUT2D eigenvalue weighted by molar-refractivity contribution is 0.541. The van der Waals surface area contributed by atoms with Crippen LogP contribution in [0.4, 0.5) is 0 Å². The molecule has 0 bridgehead atoms. The first-order chi connectivity index (χ1) is 6.50. The van der Waals surface area contributed by atoms with Gasteiger partial charge in [0.25, 0.3) is 0 Å². The van der Waals surface area contributed by atoms with E-state index >= 15 is 0 Å². The number of aryl methyl sites for hydroxylation is 1. The second kappa shape index (κ2) is 3.00. The highest BCUT2D eigenvalue weighted by molar-refractivity contribution is 7.17. The van der Waals surface area contributed by atoms with Crippen molar-refractivity contribution >= 4 is 21.6 Å². The minimum atomic E-state index is -0.404. The fourth-order valence-corrected chi connectivity index (χ4v) is 2.59. The quantitative estimate of drug-likeness (QED) is 0.780.